The molecule has 4 N–H and O–H groups in total. The van der Waals surface area contributed by atoms with Gasteiger partial charge >= 0.3 is 0 Å². The van der Waals surface area contributed by atoms with Crippen molar-refractivity contribution in [2.45, 2.75) is 26.5 Å². The van der Waals surface area contributed by atoms with Crippen molar-refractivity contribution in [3.63, 3.8) is 0 Å². The van der Waals surface area contributed by atoms with E-state index in [0.29, 0.717) is 54.0 Å². The molecular weight excluding hydrogens is 545 g/mol. The quantitative estimate of drug-likeness (QED) is 0.114. The second-order valence-electron chi connectivity index (χ2n) is 9.39. The van der Waals surface area contributed by atoms with Crippen LogP contribution in [0.5, 0.6) is 5.75 Å². The summed E-state index contributed by atoms with van der Waals surface area (Å²) in [6.07, 6.45) is 2.24. The third kappa shape index (κ3) is 8.63. The van der Waals surface area contributed by atoms with Crippen LogP contribution in [0.25, 0.3) is 11.3 Å². The van der Waals surface area contributed by atoms with Gasteiger partial charge in [0.05, 0.1) is 17.9 Å². The molecule has 0 radical (unpaired) electrons. The van der Waals surface area contributed by atoms with E-state index in [4.69, 9.17) is 14.9 Å². The molecule has 0 aliphatic rings. The zero-order valence-electron chi connectivity index (χ0n) is 23.1. The number of amidine groups is 1. The predicted molar refractivity (Wildman–Crippen MR) is 160 cm³/mol. The Morgan fingerprint density at radius 1 is 1.10 bits per heavy atom. The lowest BCUT2D eigenvalue weighted by molar-refractivity contribution is 0.305. The maximum Gasteiger partial charge on any atom is 0.151 e. The van der Waals surface area contributed by atoms with Gasteiger partial charge in [-0.3, -0.25) is 4.99 Å². The second kappa shape index (κ2) is 13.9. The number of rotatable bonds is 13. The molecule has 0 aliphatic carbocycles. The van der Waals surface area contributed by atoms with E-state index in [0.717, 1.165) is 16.8 Å². The van der Waals surface area contributed by atoms with Gasteiger partial charge in [-0.15, -0.1) is 0 Å². The van der Waals surface area contributed by atoms with Gasteiger partial charge in [-0.1, -0.05) is 19.1 Å². The van der Waals surface area contributed by atoms with Gasteiger partial charge in [0, 0.05) is 36.8 Å². The lowest BCUT2D eigenvalue weighted by Crippen LogP contribution is -2.23. The maximum absolute atomic E-state index is 13.4. The number of ether oxygens (including phenoxy) is 1. The summed E-state index contributed by atoms with van der Waals surface area (Å²) in [6, 6.07) is 19.1. The number of halogens is 1. The first-order valence-corrected chi connectivity index (χ1v) is 15.1. The van der Waals surface area contributed by atoms with E-state index in [2.05, 4.69) is 20.6 Å². The van der Waals surface area contributed by atoms with Crippen LogP contribution < -0.4 is 21.1 Å². The molecule has 216 valence electrons. The number of nitrogens with two attached hydrogens (primary N) is 1. The molecule has 9 nitrogen and oxygen atoms in total. The summed E-state index contributed by atoms with van der Waals surface area (Å²) in [5, 5.41) is 6.39. The molecule has 0 saturated heterocycles. The zero-order chi connectivity index (χ0) is 29.2. The van der Waals surface area contributed by atoms with E-state index < -0.39 is 9.84 Å². The molecule has 0 amide bonds. The highest BCUT2D eigenvalue weighted by atomic mass is 32.2. The first-order valence-electron chi connectivity index (χ1n) is 13.2. The van der Waals surface area contributed by atoms with Gasteiger partial charge in [0.2, 0.25) is 0 Å². The topological polar surface area (TPSA) is 132 Å². The van der Waals surface area contributed by atoms with Crippen LogP contribution >= 0.6 is 0 Å². The number of benzene rings is 2. The van der Waals surface area contributed by atoms with E-state index in [-0.39, 0.29) is 23.9 Å². The highest BCUT2D eigenvalue weighted by molar-refractivity contribution is 7.91. The third-order valence-corrected chi connectivity index (χ3v) is 8.02. The van der Waals surface area contributed by atoms with Crippen LogP contribution in [0, 0.1) is 5.82 Å². The number of hydrogen-bond acceptors (Lipinski definition) is 8. The van der Waals surface area contributed by atoms with E-state index in [1.54, 1.807) is 25.4 Å². The number of anilines is 2. The van der Waals surface area contributed by atoms with Crippen molar-refractivity contribution in [3.8, 4) is 17.1 Å². The molecule has 41 heavy (non-hydrogen) atoms. The van der Waals surface area contributed by atoms with Crippen LogP contribution in [0.15, 0.2) is 82.3 Å². The molecule has 11 heteroatoms. The van der Waals surface area contributed by atoms with Crippen molar-refractivity contribution in [1.82, 2.24) is 10.3 Å². The van der Waals surface area contributed by atoms with Gasteiger partial charge in [-0.05, 0) is 66.6 Å². The highest BCUT2D eigenvalue weighted by Gasteiger charge is 2.14. The van der Waals surface area contributed by atoms with Crippen molar-refractivity contribution in [3.05, 3.63) is 95.6 Å². The molecule has 0 unspecified atom stereocenters. The van der Waals surface area contributed by atoms with Crippen LogP contribution in [0.3, 0.4) is 0 Å². The molecule has 2 aromatic carbocycles. The van der Waals surface area contributed by atoms with Crippen LogP contribution in [-0.2, 0) is 23.0 Å². The fraction of sp³-hybridized carbons (Fsp3) is 0.267. The number of hydrogen-bond donors (Lipinski definition) is 3. The molecule has 0 atom stereocenters. The molecule has 0 fully saturated rings. The first-order chi connectivity index (χ1) is 19.8. The number of furan rings is 1. The van der Waals surface area contributed by atoms with E-state index in [9.17, 15) is 12.8 Å². The molecule has 0 spiro atoms. The minimum Gasteiger partial charge on any atom is -0.489 e. The third-order valence-electron chi connectivity index (χ3n) is 6.16. The molecule has 2 aromatic heterocycles. The molecule has 4 rings (SSSR count). The van der Waals surface area contributed by atoms with Crippen LogP contribution in [-0.4, -0.2) is 44.3 Å². The predicted octanol–water partition coefficient (Wildman–Crippen LogP) is 5.04. The smallest absolute Gasteiger partial charge is 0.151 e. The highest BCUT2D eigenvalue weighted by Crippen LogP contribution is 2.26. The Labute approximate surface area is 239 Å². The molecule has 0 bridgehead atoms. The Kier molecular flexibility index (Phi) is 10.1. The summed E-state index contributed by atoms with van der Waals surface area (Å²) in [4.78, 5) is 8.71. The van der Waals surface area contributed by atoms with Crippen molar-refractivity contribution in [1.29, 1.82) is 0 Å². The first kappa shape index (κ1) is 29.8. The Hall–Kier alpha value is -4.22. The average molecular weight is 580 g/mol. The SMILES string of the molecule is CCCS(=O)(=O)CCNCc1ccc(-c2cnc(N)c(C(=NC)Nc3ccc(OCc4cccc(F)c4)cc3)c2)o1. The van der Waals surface area contributed by atoms with Crippen molar-refractivity contribution in [2.75, 3.05) is 36.1 Å². The molecule has 2 heterocycles. The minimum absolute atomic E-state index is 0.0937. The standard InChI is InChI=1S/C30H34FN5O4S/c1-3-14-41(37,38)15-13-34-19-26-11-12-28(40-26)22-17-27(29(32)35-18-22)30(33-2)36-24-7-9-25(10-8-24)39-20-21-5-4-6-23(31)16-21/h4-12,16-18,34H,3,13-15,19-20H2,1-2H3,(H2,32,35)(H,33,36). The fourth-order valence-corrected chi connectivity index (χ4v) is 5.37. The Balaban J connectivity index is 1.37. The average Bonchev–Trinajstić information content (AvgIpc) is 3.43. The molecular formula is C30H34FN5O4S. The number of pyridine rings is 1. The number of aliphatic imine (C=N–C) groups is 1. The van der Waals surface area contributed by atoms with Crippen molar-refractivity contribution < 1.29 is 22.0 Å². The Morgan fingerprint density at radius 2 is 1.90 bits per heavy atom. The molecule has 0 saturated carbocycles. The van der Waals surface area contributed by atoms with Crippen LogP contribution in [0.4, 0.5) is 15.9 Å². The molecule has 0 aliphatic heterocycles. The van der Waals surface area contributed by atoms with Gasteiger partial charge in [0.1, 0.15) is 41.3 Å². The zero-order valence-corrected chi connectivity index (χ0v) is 23.9. The minimum atomic E-state index is -3.03. The summed E-state index contributed by atoms with van der Waals surface area (Å²) in [7, 11) is -1.38. The summed E-state index contributed by atoms with van der Waals surface area (Å²) < 4.78 is 48.9. The monoisotopic (exact) mass is 579 g/mol. The van der Waals surface area contributed by atoms with Crippen LogP contribution in [0.1, 0.15) is 30.2 Å². The number of nitrogens with one attached hydrogen (secondary N) is 2. The Morgan fingerprint density at radius 3 is 2.63 bits per heavy atom. The van der Waals surface area contributed by atoms with Gasteiger partial charge in [-0.2, -0.15) is 0 Å². The maximum atomic E-state index is 13.4. The van der Waals surface area contributed by atoms with Crippen LogP contribution in [0.2, 0.25) is 0 Å². The van der Waals surface area contributed by atoms with Crippen molar-refractivity contribution >= 4 is 27.2 Å². The van der Waals surface area contributed by atoms with E-state index in [1.807, 2.05) is 49.4 Å². The van der Waals surface area contributed by atoms with Crippen molar-refractivity contribution in [2.24, 2.45) is 4.99 Å². The van der Waals surface area contributed by atoms with Gasteiger partial charge in [0.25, 0.3) is 0 Å². The summed E-state index contributed by atoms with van der Waals surface area (Å²) in [5.41, 5.74) is 9.03. The van der Waals surface area contributed by atoms with Gasteiger partial charge in [-0.25, -0.2) is 17.8 Å². The number of nitrogens with zero attached hydrogens (tertiary/aromatic N) is 2. The largest absolute Gasteiger partial charge is 0.489 e. The summed E-state index contributed by atoms with van der Waals surface area (Å²) in [6.45, 7) is 2.87. The normalized spacial score (nSPS) is 11.9. The number of aromatic nitrogens is 1. The van der Waals surface area contributed by atoms with E-state index >= 15 is 0 Å². The lowest BCUT2D eigenvalue weighted by atomic mass is 10.1. The number of nitrogen functional groups attached to an aromatic ring is 1. The Bertz CT molecular complexity index is 1590. The second-order valence-corrected chi connectivity index (χ2v) is 11.7. The summed E-state index contributed by atoms with van der Waals surface area (Å²) >= 11 is 0. The lowest BCUT2D eigenvalue weighted by Gasteiger charge is -2.13. The molecule has 4 aromatic rings. The fourth-order valence-electron chi connectivity index (χ4n) is 4.09. The number of sulfone groups is 1. The van der Waals surface area contributed by atoms with Gasteiger partial charge < -0.3 is 25.5 Å². The summed E-state index contributed by atoms with van der Waals surface area (Å²) in [5.74, 6) is 2.73. The van der Waals surface area contributed by atoms with Gasteiger partial charge in [0.15, 0.2) is 9.84 Å². The van der Waals surface area contributed by atoms with E-state index in [1.165, 1.54) is 12.1 Å².